The number of methoxy groups -OCH3 is 2. The molecule has 1 heterocycles. The molecular weight excluding hydrogens is 194 g/mol. The summed E-state index contributed by atoms with van der Waals surface area (Å²) >= 11 is 0. The molecule has 0 radical (unpaired) electrons. The van der Waals surface area contributed by atoms with Gasteiger partial charge in [0.05, 0.1) is 19.8 Å². The highest BCUT2D eigenvalue weighted by atomic mass is 16.5. The van der Waals surface area contributed by atoms with Gasteiger partial charge in [-0.15, -0.1) is 0 Å². The zero-order chi connectivity index (χ0) is 11.3. The number of rotatable bonds is 5. The van der Waals surface area contributed by atoms with Crippen molar-refractivity contribution in [1.82, 2.24) is 4.98 Å². The van der Waals surface area contributed by atoms with E-state index in [1.54, 1.807) is 33.4 Å². The van der Waals surface area contributed by atoms with Crippen molar-refractivity contribution in [3.05, 3.63) is 17.8 Å². The molecule has 82 valence electrons. The molecule has 0 aliphatic carbocycles. The normalized spacial score (nSPS) is 9.80. The molecule has 0 amide bonds. The van der Waals surface area contributed by atoms with E-state index in [2.05, 4.69) is 4.98 Å². The van der Waals surface area contributed by atoms with Crippen molar-refractivity contribution in [3.8, 4) is 11.6 Å². The number of aromatic nitrogens is 1. The van der Waals surface area contributed by atoms with Gasteiger partial charge in [0.15, 0.2) is 0 Å². The number of hydrogen-bond donors (Lipinski definition) is 0. The highest BCUT2D eigenvalue weighted by Gasteiger charge is 2.11. The summed E-state index contributed by atoms with van der Waals surface area (Å²) in [5.74, 6) is 1.38. The minimum absolute atomic E-state index is 0.142. The molecule has 0 saturated carbocycles. The van der Waals surface area contributed by atoms with Gasteiger partial charge >= 0.3 is 0 Å². The average Bonchev–Trinajstić information content (AvgIpc) is 2.25. The van der Waals surface area contributed by atoms with E-state index in [0.717, 1.165) is 5.56 Å². The highest BCUT2D eigenvalue weighted by Crippen LogP contribution is 2.26. The number of nitrogens with zero attached hydrogens (tertiary/aromatic N) is 1. The molecule has 0 aliphatic rings. The van der Waals surface area contributed by atoms with Crippen LogP contribution in [0.15, 0.2) is 12.3 Å². The van der Waals surface area contributed by atoms with Crippen LogP contribution in [-0.4, -0.2) is 25.0 Å². The number of pyridine rings is 1. The maximum absolute atomic E-state index is 10.9. The van der Waals surface area contributed by atoms with Gasteiger partial charge in [-0.1, -0.05) is 0 Å². The first-order valence-corrected chi connectivity index (χ1v) is 4.74. The number of ether oxygens (including phenoxy) is 2. The number of Topliss-reactive ketones (excluding diaryl/α,β-unsaturated/α-hetero) is 1. The van der Waals surface area contributed by atoms with Crippen LogP contribution in [0.1, 0.15) is 18.9 Å². The van der Waals surface area contributed by atoms with Crippen LogP contribution in [0.5, 0.6) is 11.6 Å². The van der Waals surface area contributed by atoms with Gasteiger partial charge in [0.2, 0.25) is 5.88 Å². The molecule has 0 spiro atoms. The molecule has 0 saturated heterocycles. The van der Waals surface area contributed by atoms with Gasteiger partial charge in [0.25, 0.3) is 0 Å². The van der Waals surface area contributed by atoms with Crippen LogP contribution < -0.4 is 9.47 Å². The summed E-state index contributed by atoms with van der Waals surface area (Å²) in [4.78, 5) is 15.0. The summed E-state index contributed by atoms with van der Waals surface area (Å²) < 4.78 is 10.3. The highest BCUT2D eigenvalue weighted by molar-refractivity contribution is 5.75. The summed E-state index contributed by atoms with van der Waals surface area (Å²) in [6, 6.07) is 1.76. The second-order valence-corrected chi connectivity index (χ2v) is 3.20. The van der Waals surface area contributed by atoms with Crippen molar-refractivity contribution in [3.63, 3.8) is 0 Å². The lowest BCUT2D eigenvalue weighted by Crippen LogP contribution is -2.01. The van der Waals surface area contributed by atoms with Crippen LogP contribution in [0.3, 0.4) is 0 Å². The summed E-state index contributed by atoms with van der Waals surface area (Å²) in [6.45, 7) is 1.56. The lowest BCUT2D eigenvalue weighted by molar-refractivity contribution is -0.116. The Labute approximate surface area is 89.2 Å². The van der Waals surface area contributed by atoms with Crippen LogP contribution in [0.2, 0.25) is 0 Å². The molecule has 4 heteroatoms. The molecule has 15 heavy (non-hydrogen) atoms. The third kappa shape index (κ3) is 2.94. The van der Waals surface area contributed by atoms with E-state index < -0.39 is 0 Å². The first-order valence-electron chi connectivity index (χ1n) is 4.74. The van der Waals surface area contributed by atoms with E-state index in [9.17, 15) is 4.79 Å². The van der Waals surface area contributed by atoms with Crippen LogP contribution in [0.4, 0.5) is 0 Å². The largest absolute Gasteiger partial charge is 0.496 e. The Bertz CT molecular complexity index is 327. The van der Waals surface area contributed by atoms with Crippen molar-refractivity contribution in [1.29, 1.82) is 0 Å². The molecule has 1 aromatic heterocycles. The average molecular weight is 209 g/mol. The Hall–Kier alpha value is -1.58. The summed E-state index contributed by atoms with van der Waals surface area (Å²) in [5.41, 5.74) is 0.845. The second-order valence-electron chi connectivity index (χ2n) is 3.20. The SMILES string of the molecule is COc1ccnc(OC)c1CCC(C)=O. The van der Waals surface area contributed by atoms with Crippen molar-refractivity contribution in [2.24, 2.45) is 0 Å². The standard InChI is InChI=1S/C11H15NO3/c1-8(13)4-5-9-10(14-2)6-7-12-11(9)15-3/h6-7H,4-5H2,1-3H3. The first-order chi connectivity index (χ1) is 7.19. The van der Waals surface area contributed by atoms with Crippen LogP contribution in [0.25, 0.3) is 0 Å². The summed E-state index contributed by atoms with van der Waals surface area (Å²) in [6.07, 6.45) is 2.68. The number of hydrogen-bond acceptors (Lipinski definition) is 4. The van der Waals surface area contributed by atoms with E-state index in [-0.39, 0.29) is 5.78 Å². The quantitative estimate of drug-likeness (QED) is 0.739. The summed E-state index contributed by atoms with van der Waals surface area (Å²) in [7, 11) is 3.14. The van der Waals surface area contributed by atoms with Crippen molar-refractivity contribution >= 4 is 5.78 Å². The Morgan fingerprint density at radius 3 is 2.67 bits per heavy atom. The van der Waals surface area contributed by atoms with E-state index >= 15 is 0 Å². The maximum atomic E-state index is 10.9. The molecule has 0 N–H and O–H groups in total. The van der Waals surface area contributed by atoms with E-state index in [1.807, 2.05) is 0 Å². The van der Waals surface area contributed by atoms with Crippen LogP contribution in [-0.2, 0) is 11.2 Å². The monoisotopic (exact) mass is 209 g/mol. The predicted molar refractivity (Wildman–Crippen MR) is 56.3 cm³/mol. The van der Waals surface area contributed by atoms with Gasteiger partial charge in [-0.05, 0) is 19.4 Å². The minimum atomic E-state index is 0.142. The molecular formula is C11H15NO3. The fourth-order valence-electron chi connectivity index (χ4n) is 1.35. The van der Waals surface area contributed by atoms with E-state index in [1.165, 1.54) is 0 Å². The zero-order valence-corrected chi connectivity index (χ0v) is 9.24. The Balaban J connectivity index is 2.94. The third-order valence-electron chi connectivity index (χ3n) is 2.11. The smallest absolute Gasteiger partial charge is 0.220 e. The van der Waals surface area contributed by atoms with Crippen LogP contribution >= 0.6 is 0 Å². The number of ketones is 1. The van der Waals surface area contributed by atoms with Gasteiger partial charge in [0.1, 0.15) is 11.5 Å². The molecule has 0 aliphatic heterocycles. The molecule has 1 rings (SSSR count). The van der Waals surface area contributed by atoms with Gasteiger partial charge < -0.3 is 14.3 Å². The fourth-order valence-corrected chi connectivity index (χ4v) is 1.35. The Morgan fingerprint density at radius 2 is 2.13 bits per heavy atom. The minimum Gasteiger partial charge on any atom is -0.496 e. The van der Waals surface area contributed by atoms with Crippen molar-refractivity contribution < 1.29 is 14.3 Å². The van der Waals surface area contributed by atoms with E-state index in [0.29, 0.717) is 24.5 Å². The maximum Gasteiger partial charge on any atom is 0.220 e. The predicted octanol–water partition coefficient (Wildman–Crippen LogP) is 1.62. The summed E-state index contributed by atoms with van der Waals surface area (Å²) in [5, 5.41) is 0. The Kier molecular flexibility index (Phi) is 4.09. The zero-order valence-electron chi connectivity index (χ0n) is 9.24. The lowest BCUT2D eigenvalue weighted by atomic mass is 10.1. The van der Waals surface area contributed by atoms with Crippen LogP contribution in [0, 0.1) is 0 Å². The second kappa shape index (κ2) is 5.34. The molecule has 0 unspecified atom stereocenters. The third-order valence-corrected chi connectivity index (χ3v) is 2.11. The van der Waals surface area contributed by atoms with Crippen molar-refractivity contribution in [2.75, 3.05) is 14.2 Å². The molecule has 0 fully saturated rings. The van der Waals surface area contributed by atoms with Gasteiger partial charge in [-0.25, -0.2) is 4.98 Å². The molecule has 0 atom stereocenters. The van der Waals surface area contributed by atoms with E-state index in [4.69, 9.17) is 9.47 Å². The first kappa shape index (κ1) is 11.5. The molecule has 1 aromatic rings. The fraction of sp³-hybridized carbons (Fsp3) is 0.455. The molecule has 0 aromatic carbocycles. The van der Waals surface area contributed by atoms with Gasteiger partial charge in [0, 0.05) is 12.6 Å². The van der Waals surface area contributed by atoms with Crippen molar-refractivity contribution in [2.45, 2.75) is 19.8 Å². The van der Waals surface area contributed by atoms with Gasteiger partial charge in [-0.3, -0.25) is 0 Å². The molecule has 0 bridgehead atoms. The number of carbonyl (C=O) groups excluding carboxylic acids is 1. The molecule has 4 nitrogen and oxygen atoms in total. The topological polar surface area (TPSA) is 48.4 Å². The van der Waals surface area contributed by atoms with Gasteiger partial charge in [-0.2, -0.15) is 0 Å². The number of carbonyl (C=O) groups is 1. The Morgan fingerprint density at radius 1 is 1.40 bits per heavy atom. The lowest BCUT2D eigenvalue weighted by Gasteiger charge is -2.10.